The number of halogens is 1. The monoisotopic (exact) mass is 368 g/mol. The van der Waals surface area contributed by atoms with Crippen LogP contribution in [0.4, 0.5) is 0 Å². The summed E-state index contributed by atoms with van der Waals surface area (Å²) in [5, 5.41) is 7.80. The maximum atomic E-state index is 12.7. The number of nitrogens with zero attached hydrogens (tertiary/aromatic N) is 2. The van der Waals surface area contributed by atoms with Crippen LogP contribution in [0, 0.1) is 5.92 Å². The molecule has 0 aromatic carbocycles. The van der Waals surface area contributed by atoms with Crippen LogP contribution >= 0.6 is 12.4 Å². The van der Waals surface area contributed by atoms with Crippen LogP contribution in [-0.4, -0.2) is 28.3 Å². The van der Waals surface area contributed by atoms with E-state index in [-0.39, 0.29) is 29.9 Å². The number of hydrogen-bond acceptors (Lipinski definition) is 3. The summed E-state index contributed by atoms with van der Waals surface area (Å²) in [7, 11) is 0. The molecule has 0 spiro atoms. The van der Waals surface area contributed by atoms with Gasteiger partial charge in [-0.1, -0.05) is 19.3 Å². The predicted octanol–water partition coefficient (Wildman–Crippen LogP) is 3.57. The summed E-state index contributed by atoms with van der Waals surface area (Å²) >= 11 is 0. The largest absolute Gasteiger partial charge is 0.346 e. The Morgan fingerprint density at radius 2 is 1.92 bits per heavy atom. The Bertz CT molecular complexity index is 583. The Kier molecular flexibility index (Phi) is 6.55. The minimum Gasteiger partial charge on any atom is -0.346 e. The summed E-state index contributed by atoms with van der Waals surface area (Å²) in [6, 6.07) is 2.06. The van der Waals surface area contributed by atoms with Crippen molar-refractivity contribution in [3.8, 4) is 0 Å². The van der Waals surface area contributed by atoms with E-state index in [9.17, 15) is 4.79 Å². The lowest BCUT2D eigenvalue weighted by Gasteiger charge is -2.29. The number of hydrogen-bond donors (Lipinski definition) is 2. The van der Waals surface area contributed by atoms with Crippen molar-refractivity contribution >= 4 is 18.3 Å². The molecule has 0 saturated heterocycles. The van der Waals surface area contributed by atoms with Crippen molar-refractivity contribution in [3.05, 3.63) is 17.5 Å². The summed E-state index contributed by atoms with van der Waals surface area (Å²) in [6.07, 6.45) is 8.57. The fourth-order valence-electron chi connectivity index (χ4n) is 3.86. The highest BCUT2D eigenvalue weighted by Gasteiger charge is 2.33. The number of carbonyl (C=O) groups is 1. The smallest absolute Gasteiger partial charge is 0.272 e. The fourth-order valence-corrected chi connectivity index (χ4v) is 3.86. The lowest BCUT2D eigenvalue weighted by molar-refractivity contribution is 0.0909. The molecule has 3 N–H and O–H groups in total. The summed E-state index contributed by atoms with van der Waals surface area (Å²) in [5.41, 5.74) is 7.59. The van der Waals surface area contributed by atoms with Crippen LogP contribution < -0.4 is 11.1 Å². The highest BCUT2D eigenvalue weighted by Crippen LogP contribution is 2.41. The van der Waals surface area contributed by atoms with Crippen molar-refractivity contribution in [3.63, 3.8) is 0 Å². The molecule has 1 unspecified atom stereocenters. The van der Waals surface area contributed by atoms with Crippen LogP contribution in [0.25, 0.3) is 0 Å². The lowest BCUT2D eigenvalue weighted by Crippen LogP contribution is -2.46. The molecule has 25 heavy (non-hydrogen) atoms. The molecule has 1 atom stereocenters. The van der Waals surface area contributed by atoms with Crippen LogP contribution in [0.2, 0.25) is 0 Å². The molecule has 2 fully saturated rings. The van der Waals surface area contributed by atoms with E-state index < -0.39 is 0 Å². The number of rotatable bonds is 5. The number of nitrogens with two attached hydrogens (primary N) is 1. The first-order valence-electron chi connectivity index (χ1n) is 9.51. The van der Waals surface area contributed by atoms with Gasteiger partial charge in [0.2, 0.25) is 0 Å². The molecule has 1 aromatic heterocycles. The van der Waals surface area contributed by atoms with E-state index in [0.717, 1.165) is 0 Å². The molecule has 2 saturated carbocycles. The minimum atomic E-state index is -0.104. The summed E-state index contributed by atoms with van der Waals surface area (Å²) in [6.45, 7) is 6.92. The molecule has 2 aliphatic rings. The number of nitrogens with one attached hydrogen (secondary N) is 1. The second-order valence-electron chi connectivity index (χ2n) is 8.53. The van der Waals surface area contributed by atoms with Gasteiger partial charge in [0.25, 0.3) is 5.91 Å². The molecule has 1 aromatic rings. The molecule has 2 aliphatic carbocycles. The van der Waals surface area contributed by atoms with Crippen LogP contribution in [0.5, 0.6) is 0 Å². The van der Waals surface area contributed by atoms with Crippen LogP contribution in [0.1, 0.15) is 87.8 Å². The predicted molar refractivity (Wildman–Crippen MR) is 103 cm³/mol. The zero-order chi connectivity index (χ0) is 17.3. The third-order valence-corrected chi connectivity index (χ3v) is 5.39. The molecule has 1 heterocycles. The average molecular weight is 369 g/mol. The van der Waals surface area contributed by atoms with Crippen molar-refractivity contribution in [2.45, 2.75) is 83.2 Å². The molecule has 1 amide bonds. The van der Waals surface area contributed by atoms with Gasteiger partial charge >= 0.3 is 0 Å². The van der Waals surface area contributed by atoms with Crippen molar-refractivity contribution in [1.29, 1.82) is 0 Å². The second kappa shape index (κ2) is 8.09. The van der Waals surface area contributed by atoms with E-state index in [2.05, 4.69) is 31.2 Å². The number of amides is 1. The van der Waals surface area contributed by atoms with E-state index >= 15 is 0 Å². The maximum absolute atomic E-state index is 12.7. The van der Waals surface area contributed by atoms with Crippen molar-refractivity contribution in [2.24, 2.45) is 11.7 Å². The van der Waals surface area contributed by atoms with Gasteiger partial charge in [-0.05, 0) is 58.4 Å². The third-order valence-electron chi connectivity index (χ3n) is 5.39. The third kappa shape index (κ3) is 4.76. The average Bonchev–Trinajstić information content (AvgIpc) is 3.30. The molecule has 0 radical (unpaired) electrons. The first-order valence-corrected chi connectivity index (χ1v) is 9.51. The molecule has 3 rings (SSSR count). The second-order valence-corrected chi connectivity index (χ2v) is 8.53. The van der Waals surface area contributed by atoms with Gasteiger partial charge in [-0.25, -0.2) is 0 Å². The summed E-state index contributed by atoms with van der Waals surface area (Å²) in [4.78, 5) is 12.7. The van der Waals surface area contributed by atoms with Gasteiger partial charge in [0, 0.05) is 24.2 Å². The van der Waals surface area contributed by atoms with Gasteiger partial charge < -0.3 is 11.1 Å². The Labute approximate surface area is 157 Å². The highest BCUT2D eigenvalue weighted by molar-refractivity contribution is 5.92. The van der Waals surface area contributed by atoms with Gasteiger partial charge in [-0.15, -0.1) is 12.4 Å². The molecular formula is C19H33ClN4O. The van der Waals surface area contributed by atoms with Gasteiger partial charge in [-0.2, -0.15) is 5.10 Å². The van der Waals surface area contributed by atoms with E-state index in [1.807, 2.05) is 10.7 Å². The number of aromatic nitrogens is 2. The molecular weight excluding hydrogens is 336 g/mol. The summed E-state index contributed by atoms with van der Waals surface area (Å²) in [5.74, 6) is 1.02. The van der Waals surface area contributed by atoms with E-state index in [0.29, 0.717) is 24.1 Å². The van der Waals surface area contributed by atoms with Gasteiger partial charge in [0.05, 0.1) is 5.54 Å². The normalized spacial score (nSPS) is 20.0. The van der Waals surface area contributed by atoms with Crippen LogP contribution in [0.3, 0.4) is 0 Å². The van der Waals surface area contributed by atoms with Gasteiger partial charge in [-0.3, -0.25) is 9.48 Å². The van der Waals surface area contributed by atoms with E-state index in [1.54, 1.807) is 0 Å². The minimum absolute atomic E-state index is 0. The molecule has 0 bridgehead atoms. The Balaban J connectivity index is 0.00000225. The SMILES string of the molecule is CC(C)(C)n1nc(C(=O)NC(CN)C2CCCCC2)cc1C1CC1.Cl. The molecule has 142 valence electrons. The van der Waals surface area contributed by atoms with E-state index in [4.69, 9.17) is 5.73 Å². The standard InChI is InChI=1S/C19H32N4O.ClH/c1-19(2,3)23-17(14-9-10-14)11-15(22-23)18(24)21-16(12-20)13-7-5-4-6-8-13;/h11,13-14,16H,4-10,12,20H2,1-3H3,(H,21,24);1H. The quantitative estimate of drug-likeness (QED) is 0.834. The first-order chi connectivity index (χ1) is 11.4. The van der Waals surface area contributed by atoms with Crippen LogP contribution in [-0.2, 0) is 5.54 Å². The Morgan fingerprint density at radius 3 is 2.44 bits per heavy atom. The Morgan fingerprint density at radius 1 is 1.28 bits per heavy atom. The zero-order valence-electron chi connectivity index (χ0n) is 15.8. The molecule has 5 nitrogen and oxygen atoms in total. The summed E-state index contributed by atoms with van der Waals surface area (Å²) < 4.78 is 2.04. The maximum Gasteiger partial charge on any atom is 0.272 e. The van der Waals surface area contributed by atoms with Gasteiger partial charge in [0.1, 0.15) is 5.69 Å². The van der Waals surface area contributed by atoms with Crippen LogP contribution in [0.15, 0.2) is 6.07 Å². The number of carbonyl (C=O) groups excluding carboxylic acids is 1. The molecule has 6 heteroatoms. The lowest BCUT2D eigenvalue weighted by atomic mass is 9.84. The molecule has 0 aliphatic heterocycles. The Hall–Kier alpha value is -1.07. The first kappa shape index (κ1) is 20.2. The van der Waals surface area contributed by atoms with Crippen molar-refractivity contribution in [2.75, 3.05) is 6.54 Å². The van der Waals surface area contributed by atoms with Crippen molar-refractivity contribution < 1.29 is 4.79 Å². The van der Waals surface area contributed by atoms with Gasteiger partial charge in [0.15, 0.2) is 0 Å². The zero-order valence-corrected chi connectivity index (χ0v) is 16.6. The van der Waals surface area contributed by atoms with Crippen molar-refractivity contribution in [1.82, 2.24) is 15.1 Å². The fraction of sp³-hybridized carbons (Fsp3) is 0.789. The van der Waals surface area contributed by atoms with E-state index in [1.165, 1.54) is 50.6 Å². The topological polar surface area (TPSA) is 72.9 Å². The highest BCUT2D eigenvalue weighted by atomic mass is 35.5.